The zero-order valence-corrected chi connectivity index (χ0v) is 10.6. The Balaban J connectivity index is 2.32. The van der Waals surface area contributed by atoms with E-state index in [0.29, 0.717) is 24.9 Å². The first-order valence-electron chi connectivity index (χ1n) is 6.23. The van der Waals surface area contributed by atoms with Crippen molar-refractivity contribution in [1.29, 1.82) is 0 Å². The fraction of sp³-hybridized carbons (Fsp3) is 0.833. The standard InChI is InChI=1S/C12H22N2O3/c1-9(2)5-6-13-12(17)14(8-11(15)16)7-10-3-4-10/h9-10H,3-8H2,1-2H3,(H,13,17)(H,15,16). The molecule has 0 atom stereocenters. The normalized spacial score (nSPS) is 14.8. The van der Waals surface area contributed by atoms with E-state index in [9.17, 15) is 9.59 Å². The number of aliphatic carboxylic acids is 1. The van der Waals surface area contributed by atoms with Crippen LogP contribution in [-0.4, -0.2) is 41.6 Å². The quantitative estimate of drug-likeness (QED) is 0.711. The number of rotatable bonds is 7. The van der Waals surface area contributed by atoms with Crippen LogP contribution in [0.1, 0.15) is 33.1 Å². The van der Waals surface area contributed by atoms with E-state index < -0.39 is 5.97 Å². The number of carboxylic acids is 1. The van der Waals surface area contributed by atoms with Crippen LogP contribution in [0, 0.1) is 11.8 Å². The third-order valence-electron chi connectivity index (χ3n) is 2.79. The lowest BCUT2D eigenvalue weighted by Crippen LogP contribution is -2.44. The molecular formula is C12H22N2O3. The second-order valence-corrected chi connectivity index (χ2v) is 5.13. The highest BCUT2D eigenvalue weighted by Crippen LogP contribution is 2.29. The molecule has 2 amide bonds. The lowest BCUT2D eigenvalue weighted by Gasteiger charge is -2.21. The minimum Gasteiger partial charge on any atom is -0.480 e. The molecule has 5 nitrogen and oxygen atoms in total. The van der Waals surface area contributed by atoms with Crippen molar-refractivity contribution in [2.24, 2.45) is 11.8 Å². The highest BCUT2D eigenvalue weighted by molar-refractivity contribution is 5.80. The van der Waals surface area contributed by atoms with Crippen LogP contribution in [-0.2, 0) is 4.79 Å². The van der Waals surface area contributed by atoms with Gasteiger partial charge in [-0.3, -0.25) is 4.79 Å². The largest absolute Gasteiger partial charge is 0.480 e. The summed E-state index contributed by atoms with van der Waals surface area (Å²) < 4.78 is 0. The zero-order chi connectivity index (χ0) is 12.8. The molecule has 0 saturated heterocycles. The van der Waals surface area contributed by atoms with E-state index in [-0.39, 0.29) is 12.6 Å². The Hall–Kier alpha value is -1.26. The van der Waals surface area contributed by atoms with Crippen molar-refractivity contribution < 1.29 is 14.7 Å². The number of hydrogen-bond acceptors (Lipinski definition) is 2. The zero-order valence-electron chi connectivity index (χ0n) is 10.6. The minimum absolute atomic E-state index is 0.204. The van der Waals surface area contributed by atoms with E-state index in [1.54, 1.807) is 0 Å². The van der Waals surface area contributed by atoms with Crippen molar-refractivity contribution in [2.75, 3.05) is 19.6 Å². The molecular weight excluding hydrogens is 220 g/mol. The van der Waals surface area contributed by atoms with Gasteiger partial charge in [0.2, 0.25) is 0 Å². The molecule has 0 aromatic rings. The molecule has 1 fully saturated rings. The summed E-state index contributed by atoms with van der Waals surface area (Å²) in [6, 6.07) is -0.250. The number of urea groups is 1. The summed E-state index contributed by atoms with van der Waals surface area (Å²) in [4.78, 5) is 23.9. The Morgan fingerprint density at radius 2 is 2.06 bits per heavy atom. The summed E-state index contributed by atoms with van der Waals surface area (Å²) in [7, 11) is 0. The number of carbonyl (C=O) groups excluding carboxylic acids is 1. The van der Waals surface area contributed by atoms with Crippen molar-refractivity contribution in [2.45, 2.75) is 33.1 Å². The minimum atomic E-state index is -0.954. The monoisotopic (exact) mass is 242 g/mol. The van der Waals surface area contributed by atoms with E-state index in [4.69, 9.17) is 5.11 Å². The average Bonchev–Trinajstić information content (AvgIpc) is 2.99. The molecule has 0 aliphatic heterocycles. The molecule has 2 N–H and O–H groups in total. The maximum atomic E-state index is 11.8. The van der Waals surface area contributed by atoms with E-state index in [1.165, 1.54) is 4.90 Å². The van der Waals surface area contributed by atoms with Gasteiger partial charge in [0.1, 0.15) is 6.54 Å². The molecule has 0 heterocycles. The number of nitrogens with one attached hydrogen (secondary N) is 1. The summed E-state index contributed by atoms with van der Waals surface area (Å²) in [5, 5.41) is 11.5. The van der Waals surface area contributed by atoms with Gasteiger partial charge >= 0.3 is 12.0 Å². The number of carboxylic acid groups (broad SMARTS) is 1. The molecule has 0 radical (unpaired) electrons. The summed E-state index contributed by atoms with van der Waals surface area (Å²) in [5.74, 6) is 0.0847. The van der Waals surface area contributed by atoms with Gasteiger partial charge in [0, 0.05) is 13.1 Å². The lowest BCUT2D eigenvalue weighted by molar-refractivity contribution is -0.137. The summed E-state index contributed by atoms with van der Waals surface area (Å²) in [6.45, 7) is 5.15. The van der Waals surface area contributed by atoms with Gasteiger partial charge in [-0.05, 0) is 31.1 Å². The van der Waals surface area contributed by atoms with E-state index >= 15 is 0 Å². The number of amides is 2. The van der Waals surface area contributed by atoms with Gasteiger partial charge < -0.3 is 15.3 Å². The first-order valence-corrected chi connectivity index (χ1v) is 6.23. The molecule has 0 unspecified atom stereocenters. The predicted octanol–water partition coefficient (Wildman–Crippen LogP) is 1.54. The van der Waals surface area contributed by atoms with Crippen LogP contribution in [0.15, 0.2) is 0 Å². The topological polar surface area (TPSA) is 69.6 Å². The van der Waals surface area contributed by atoms with Crippen LogP contribution in [0.2, 0.25) is 0 Å². The second kappa shape index (κ2) is 6.47. The van der Waals surface area contributed by atoms with Crippen molar-refractivity contribution in [3.05, 3.63) is 0 Å². The van der Waals surface area contributed by atoms with Crippen LogP contribution < -0.4 is 5.32 Å². The van der Waals surface area contributed by atoms with Gasteiger partial charge in [-0.15, -0.1) is 0 Å². The molecule has 0 bridgehead atoms. The first-order chi connectivity index (χ1) is 7.99. The number of nitrogens with zero attached hydrogens (tertiary/aromatic N) is 1. The molecule has 0 aromatic carbocycles. The Morgan fingerprint density at radius 3 is 2.53 bits per heavy atom. The molecule has 17 heavy (non-hydrogen) atoms. The third kappa shape index (κ3) is 6.14. The first kappa shape index (κ1) is 13.8. The maximum Gasteiger partial charge on any atom is 0.323 e. The smallest absolute Gasteiger partial charge is 0.323 e. The lowest BCUT2D eigenvalue weighted by atomic mass is 10.1. The Labute approximate surface area is 102 Å². The third-order valence-corrected chi connectivity index (χ3v) is 2.79. The van der Waals surface area contributed by atoms with Gasteiger partial charge in [0.05, 0.1) is 0 Å². The molecule has 1 rings (SSSR count). The molecule has 0 aromatic heterocycles. The van der Waals surface area contributed by atoms with E-state index in [1.807, 2.05) is 0 Å². The van der Waals surface area contributed by atoms with Gasteiger partial charge in [-0.25, -0.2) is 4.79 Å². The van der Waals surface area contributed by atoms with Crippen LogP contribution in [0.4, 0.5) is 4.79 Å². The molecule has 1 aliphatic carbocycles. The van der Waals surface area contributed by atoms with Crippen LogP contribution in [0.25, 0.3) is 0 Å². The van der Waals surface area contributed by atoms with E-state index in [0.717, 1.165) is 19.3 Å². The fourth-order valence-corrected chi connectivity index (χ4v) is 1.57. The van der Waals surface area contributed by atoms with Crippen molar-refractivity contribution in [3.63, 3.8) is 0 Å². The predicted molar refractivity (Wildman–Crippen MR) is 64.8 cm³/mol. The molecule has 1 saturated carbocycles. The summed E-state index contributed by atoms with van der Waals surface area (Å²) in [6.07, 6.45) is 3.13. The van der Waals surface area contributed by atoms with Crippen molar-refractivity contribution in [3.8, 4) is 0 Å². The van der Waals surface area contributed by atoms with Crippen LogP contribution in [0.5, 0.6) is 0 Å². The fourth-order valence-electron chi connectivity index (χ4n) is 1.57. The molecule has 0 spiro atoms. The highest BCUT2D eigenvalue weighted by Gasteiger charge is 2.27. The SMILES string of the molecule is CC(C)CCNC(=O)N(CC(=O)O)CC1CC1. The van der Waals surface area contributed by atoms with Crippen molar-refractivity contribution >= 4 is 12.0 Å². The summed E-state index contributed by atoms with van der Waals surface area (Å²) >= 11 is 0. The summed E-state index contributed by atoms with van der Waals surface area (Å²) in [5.41, 5.74) is 0. The van der Waals surface area contributed by atoms with Gasteiger partial charge in [-0.2, -0.15) is 0 Å². The second-order valence-electron chi connectivity index (χ2n) is 5.13. The van der Waals surface area contributed by atoms with Gasteiger partial charge in [0.15, 0.2) is 0 Å². The average molecular weight is 242 g/mol. The van der Waals surface area contributed by atoms with E-state index in [2.05, 4.69) is 19.2 Å². The Morgan fingerprint density at radius 1 is 1.41 bits per heavy atom. The van der Waals surface area contributed by atoms with Crippen LogP contribution in [0.3, 0.4) is 0 Å². The number of carbonyl (C=O) groups is 2. The molecule has 1 aliphatic rings. The van der Waals surface area contributed by atoms with Gasteiger partial charge in [-0.1, -0.05) is 13.8 Å². The van der Waals surface area contributed by atoms with Crippen LogP contribution >= 0.6 is 0 Å². The van der Waals surface area contributed by atoms with Gasteiger partial charge in [0.25, 0.3) is 0 Å². The Bertz CT molecular complexity index is 275. The highest BCUT2D eigenvalue weighted by atomic mass is 16.4. The molecule has 98 valence electrons. The van der Waals surface area contributed by atoms with Crippen molar-refractivity contribution in [1.82, 2.24) is 10.2 Å². The maximum absolute atomic E-state index is 11.8. The number of hydrogen-bond donors (Lipinski definition) is 2. The molecule has 5 heteroatoms. The Kier molecular flexibility index (Phi) is 5.25.